The Kier molecular flexibility index (Phi) is 3.97. The molecule has 4 heteroatoms. The molecule has 1 heterocycles. The Morgan fingerprint density at radius 1 is 1.44 bits per heavy atom. The number of amides is 1. The van der Waals surface area contributed by atoms with Crippen LogP contribution >= 0.6 is 11.3 Å². The fraction of sp³-hybridized carbons (Fsp3) is 0.357. The molecule has 0 aliphatic carbocycles. The van der Waals surface area contributed by atoms with E-state index in [2.05, 4.69) is 12.2 Å². The van der Waals surface area contributed by atoms with Gasteiger partial charge in [-0.1, -0.05) is 19.4 Å². The Balaban J connectivity index is 2.31. The first-order chi connectivity index (χ1) is 8.65. The molecule has 0 aliphatic heterocycles. The zero-order chi connectivity index (χ0) is 13.1. The summed E-state index contributed by atoms with van der Waals surface area (Å²) in [7, 11) is 0. The summed E-state index contributed by atoms with van der Waals surface area (Å²) in [6, 6.07) is 4.95. The third-order valence-electron chi connectivity index (χ3n) is 2.93. The number of thiophene rings is 1. The molecule has 0 saturated heterocycles. The molecule has 0 saturated carbocycles. The van der Waals surface area contributed by atoms with Gasteiger partial charge in [0.1, 0.15) is 5.82 Å². The number of carbonyl (C=O) groups excluding carboxylic acids is 1. The fourth-order valence-electron chi connectivity index (χ4n) is 1.93. The lowest BCUT2D eigenvalue weighted by molar-refractivity contribution is 0.0957. The van der Waals surface area contributed by atoms with E-state index in [0.717, 1.165) is 23.1 Å². The van der Waals surface area contributed by atoms with Crippen LogP contribution in [0.1, 0.15) is 35.0 Å². The van der Waals surface area contributed by atoms with Crippen molar-refractivity contribution in [3.8, 4) is 0 Å². The van der Waals surface area contributed by atoms with E-state index in [1.807, 2.05) is 6.07 Å². The van der Waals surface area contributed by atoms with Crippen LogP contribution in [0.4, 0.5) is 4.39 Å². The summed E-state index contributed by atoms with van der Waals surface area (Å²) in [4.78, 5) is 12.6. The van der Waals surface area contributed by atoms with Gasteiger partial charge in [-0.3, -0.25) is 4.79 Å². The number of unbranched alkanes of at least 4 members (excludes halogenated alkanes) is 1. The molecule has 0 unspecified atom stereocenters. The second-order valence-corrected chi connectivity index (χ2v) is 5.33. The van der Waals surface area contributed by atoms with E-state index >= 15 is 0 Å². The number of nitrogens with one attached hydrogen (secondary N) is 1. The van der Waals surface area contributed by atoms with Gasteiger partial charge in [-0.25, -0.2) is 4.39 Å². The number of fused-ring (bicyclic) bond motifs is 1. The Hall–Kier alpha value is -1.42. The van der Waals surface area contributed by atoms with E-state index in [4.69, 9.17) is 0 Å². The predicted octanol–water partition coefficient (Wildman–Crippen LogP) is 3.88. The summed E-state index contributed by atoms with van der Waals surface area (Å²) < 4.78 is 14.5. The zero-order valence-corrected chi connectivity index (χ0v) is 11.4. The number of benzene rings is 1. The highest BCUT2D eigenvalue weighted by Crippen LogP contribution is 2.32. The second-order valence-electron chi connectivity index (χ2n) is 4.28. The van der Waals surface area contributed by atoms with Crippen LogP contribution in [0.3, 0.4) is 0 Å². The van der Waals surface area contributed by atoms with Gasteiger partial charge in [0.15, 0.2) is 0 Å². The van der Waals surface area contributed by atoms with Gasteiger partial charge in [0, 0.05) is 16.6 Å². The maximum Gasteiger partial charge on any atom is 0.261 e. The largest absolute Gasteiger partial charge is 0.351 e. The standard InChI is InChI=1S/C14H16FNOS/c1-3-4-8-16-14(17)13-9(2)12-10(15)6-5-7-11(12)18-13/h5-7H,3-4,8H2,1-2H3,(H,16,17). The smallest absolute Gasteiger partial charge is 0.261 e. The van der Waals surface area contributed by atoms with Crippen molar-refractivity contribution in [2.24, 2.45) is 0 Å². The maximum atomic E-state index is 13.7. The molecule has 18 heavy (non-hydrogen) atoms. The van der Waals surface area contributed by atoms with Gasteiger partial charge < -0.3 is 5.32 Å². The van der Waals surface area contributed by atoms with Crippen LogP contribution in [-0.4, -0.2) is 12.5 Å². The number of aryl methyl sites for hydroxylation is 1. The number of hydrogen-bond acceptors (Lipinski definition) is 2. The number of halogens is 1. The summed E-state index contributed by atoms with van der Waals surface area (Å²) >= 11 is 1.35. The molecule has 0 aliphatic rings. The lowest BCUT2D eigenvalue weighted by atomic mass is 10.1. The molecule has 96 valence electrons. The fourth-order valence-corrected chi connectivity index (χ4v) is 3.07. The average molecular weight is 265 g/mol. The minimum atomic E-state index is -0.256. The molecule has 0 fully saturated rings. The van der Waals surface area contributed by atoms with E-state index in [-0.39, 0.29) is 11.7 Å². The van der Waals surface area contributed by atoms with Crippen molar-refractivity contribution in [3.63, 3.8) is 0 Å². The van der Waals surface area contributed by atoms with Gasteiger partial charge in [-0.2, -0.15) is 0 Å². The van der Waals surface area contributed by atoms with E-state index in [9.17, 15) is 9.18 Å². The molecule has 1 amide bonds. The Morgan fingerprint density at radius 3 is 2.89 bits per heavy atom. The quantitative estimate of drug-likeness (QED) is 0.835. The zero-order valence-electron chi connectivity index (χ0n) is 10.5. The van der Waals surface area contributed by atoms with Crippen molar-refractivity contribution in [2.45, 2.75) is 26.7 Å². The van der Waals surface area contributed by atoms with Crippen LogP contribution in [0.25, 0.3) is 10.1 Å². The molecule has 1 N–H and O–H groups in total. The molecular formula is C14H16FNOS. The highest BCUT2D eigenvalue weighted by atomic mass is 32.1. The summed E-state index contributed by atoms with van der Waals surface area (Å²) in [6.07, 6.45) is 2.00. The molecule has 2 aromatic rings. The molecule has 0 atom stereocenters. The second kappa shape index (κ2) is 5.48. The molecular weight excluding hydrogens is 249 g/mol. The van der Waals surface area contributed by atoms with Crippen LogP contribution in [0.15, 0.2) is 18.2 Å². The van der Waals surface area contributed by atoms with Crippen LogP contribution < -0.4 is 5.32 Å². The van der Waals surface area contributed by atoms with Gasteiger partial charge >= 0.3 is 0 Å². The summed E-state index contributed by atoms with van der Waals surface area (Å²) in [6.45, 7) is 4.55. The highest BCUT2D eigenvalue weighted by molar-refractivity contribution is 7.21. The SMILES string of the molecule is CCCCNC(=O)c1sc2cccc(F)c2c1C. The minimum absolute atomic E-state index is 0.0958. The van der Waals surface area contributed by atoms with E-state index < -0.39 is 0 Å². The van der Waals surface area contributed by atoms with E-state index in [0.29, 0.717) is 16.8 Å². The van der Waals surface area contributed by atoms with Gasteiger partial charge in [0.2, 0.25) is 0 Å². The molecule has 0 spiro atoms. The molecule has 2 nitrogen and oxygen atoms in total. The minimum Gasteiger partial charge on any atom is -0.351 e. The third-order valence-corrected chi connectivity index (χ3v) is 4.18. The topological polar surface area (TPSA) is 29.1 Å². The monoisotopic (exact) mass is 265 g/mol. The molecule has 0 radical (unpaired) electrons. The molecule has 0 bridgehead atoms. The molecule has 1 aromatic heterocycles. The van der Waals surface area contributed by atoms with Crippen molar-refractivity contribution < 1.29 is 9.18 Å². The Labute approximate surface area is 110 Å². The number of rotatable bonds is 4. The lowest BCUT2D eigenvalue weighted by Gasteiger charge is -2.02. The van der Waals surface area contributed by atoms with Gasteiger partial charge in [-0.15, -0.1) is 11.3 Å². The van der Waals surface area contributed by atoms with Crippen LogP contribution in [-0.2, 0) is 0 Å². The van der Waals surface area contributed by atoms with E-state index in [1.54, 1.807) is 13.0 Å². The van der Waals surface area contributed by atoms with Crippen LogP contribution in [0.2, 0.25) is 0 Å². The van der Waals surface area contributed by atoms with Crippen molar-refractivity contribution >= 4 is 27.3 Å². The van der Waals surface area contributed by atoms with Gasteiger partial charge in [0.25, 0.3) is 5.91 Å². The van der Waals surface area contributed by atoms with Gasteiger partial charge in [0.05, 0.1) is 4.88 Å². The molecule has 2 rings (SSSR count). The number of carbonyl (C=O) groups is 1. The summed E-state index contributed by atoms with van der Waals surface area (Å²) in [5.74, 6) is -0.351. The first-order valence-corrected chi connectivity index (χ1v) is 6.92. The molecule has 1 aromatic carbocycles. The highest BCUT2D eigenvalue weighted by Gasteiger charge is 2.17. The predicted molar refractivity (Wildman–Crippen MR) is 73.8 cm³/mol. The normalized spacial score (nSPS) is 10.8. The van der Waals surface area contributed by atoms with Crippen LogP contribution in [0.5, 0.6) is 0 Å². The van der Waals surface area contributed by atoms with Crippen molar-refractivity contribution in [3.05, 3.63) is 34.5 Å². The first kappa shape index (κ1) is 13.0. The Morgan fingerprint density at radius 2 is 2.22 bits per heavy atom. The summed E-state index contributed by atoms with van der Waals surface area (Å²) in [5.41, 5.74) is 0.738. The van der Waals surface area contributed by atoms with E-state index in [1.165, 1.54) is 17.4 Å². The number of hydrogen-bond donors (Lipinski definition) is 1. The summed E-state index contributed by atoms with van der Waals surface area (Å²) in [5, 5.41) is 3.44. The maximum absolute atomic E-state index is 13.7. The van der Waals surface area contributed by atoms with Gasteiger partial charge in [-0.05, 0) is 31.0 Å². The first-order valence-electron chi connectivity index (χ1n) is 6.11. The van der Waals surface area contributed by atoms with Crippen molar-refractivity contribution in [1.29, 1.82) is 0 Å². The van der Waals surface area contributed by atoms with Crippen LogP contribution in [0, 0.1) is 12.7 Å². The third kappa shape index (κ3) is 2.38. The Bertz CT molecular complexity index is 576. The van der Waals surface area contributed by atoms with Crippen molar-refractivity contribution in [1.82, 2.24) is 5.32 Å². The van der Waals surface area contributed by atoms with Crippen molar-refractivity contribution in [2.75, 3.05) is 6.54 Å². The lowest BCUT2D eigenvalue weighted by Crippen LogP contribution is -2.23. The average Bonchev–Trinajstić information content (AvgIpc) is 2.68.